The first-order chi connectivity index (χ1) is 7.75. The van der Waals surface area contributed by atoms with Crippen molar-refractivity contribution in [2.75, 3.05) is 11.5 Å². The van der Waals surface area contributed by atoms with Crippen LogP contribution in [-0.2, 0) is 13.5 Å². The van der Waals surface area contributed by atoms with Gasteiger partial charge in [0.05, 0.1) is 16.9 Å². The van der Waals surface area contributed by atoms with Crippen LogP contribution in [0.5, 0.6) is 0 Å². The van der Waals surface area contributed by atoms with Gasteiger partial charge in [0.2, 0.25) is 0 Å². The molecule has 4 nitrogen and oxygen atoms in total. The van der Waals surface area contributed by atoms with E-state index < -0.39 is 0 Å². The van der Waals surface area contributed by atoms with E-state index in [4.69, 9.17) is 5.73 Å². The summed E-state index contributed by atoms with van der Waals surface area (Å²) in [4.78, 5) is 4.24. The van der Waals surface area contributed by atoms with Crippen LogP contribution in [0, 0.1) is 0 Å². The standard InChI is InChI=1S/C11H14N4S/c1-15-10(4-6-14-15)5-7-16-11-3-2-9(12)8-13-11/h2-4,6,8H,5,7,12H2,1H3. The number of nitrogens with two attached hydrogens (primary N) is 1. The van der Waals surface area contributed by atoms with Crippen LogP contribution < -0.4 is 5.73 Å². The largest absolute Gasteiger partial charge is 0.397 e. The van der Waals surface area contributed by atoms with Crippen molar-refractivity contribution in [3.05, 3.63) is 36.3 Å². The van der Waals surface area contributed by atoms with E-state index in [0.717, 1.165) is 17.2 Å². The lowest BCUT2D eigenvalue weighted by Crippen LogP contribution is -1.99. The fourth-order valence-electron chi connectivity index (χ4n) is 1.38. The number of pyridine rings is 1. The van der Waals surface area contributed by atoms with Crippen LogP contribution in [0.4, 0.5) is 5.69 Å². The van der Waals surface area contributed by atoms with Crippen molar-refractivity contribution in [3.63, 3.8) is 0 Å². The molecule has 0 fully saturated rings. The Balaban J connectivity index is 1.84. The van der Waals surface area contributed by atoms with Crippen LogP contribution in [0.3, 0.4) is 0 Å². The summed E-state index contributed by atoms with van der Waals surface area (Å²) >= 11 is 1.73. The minimum atomic E-state index is 0.705. The zero-order valence-corrected chi connectivity index (χ0v) is 9.94. The second-order valence-electron chi connectivity index (χ2n) is 3.47. The van der Waals surface area contributed by atoms with E-state index in [0.29, 0.717) is 5.69 Å². The minimum absolute atomic E-state index is 0.705. The molecule has 2 N–H and O–H groups in total. The van der Waals surface area contributed by atoms with Crippen LogP contribution >= 0.6 is 11.8 Å². The SMILES string of the molecule is Cn1nccc1CCSc1ccc(N)cn1. The molecule has 0 saturated carbocycles. The lowest BCUT2D eigenvalue weighted by atomic mass is 10.3. The molecule has 0 aliphatic heterocycles. The van der Waals surface area contributed by atoms with Gasteiger partial charge in [-0.15, -0.1) is 11.8 Å². The molecule has 0 atom stereocenters. The van der Waals surface area contributed by atoms with Crippen LogP contribution in [0.1, 0.15) is 5.69 Å². The van der Waals surface area contributed by atoms with Gasteiger partial charge in [0.15, 0.2) is 0 Å². The molecule has 16 heavy (non-hydrogen) atoms. The highest BCUT2D eigenvalue weighted by Gasteiger charge is 2.00. The molecular weight excluding hydrogens is 220 g/mol. The van der Waals surface area contributed by atoms with E-state index in [1.807, 2.05) is 36.1 Å². The summed E-state index contributed by atoms with van der Waals surface area (Å²) in [5.74, 6) is 0.996. The van der Waals surface area contributed by atoms with Gasteiger partial charge >= 0.3 is 0 Å². The molecule has 0 unspecified atom stereocenters. The van der Waals surface area contributed by atoms with Crippen LogP contribution in [0.25, 0.3) is 0 Å². The maximum absolute atomic E-state index is 5.57. The Labute approximate surface area is 98.9 Å². The molecule has 0 aliphatic rings. The zero-order valence-electron chi connectivity index (χ0n) is 9.13. The van der Waals surface area contributed by atoms with Crippen molar-refractivity contribution in [3.8, 4) is 0 Å². The first kappa shape index (κ1) is 11.0. The Morgan fingerprint density at radius 1 is 1.38 bits per heavy atom. The van der Waals surface area contributed by atoms with Crippen molar-refractivity contribution < 1.29 is 0 Å². The maximum atomic E-state index is 5.57. The summed E-state index contributed by atoms with van der Waals surface area (Å²) in [5, 5.41) is 5.14. The number of rotatable bonds is 4. The molecule has 2 heterocycles. The highest BCUT2D eigenvalue weighted by atomic mass is 32.2. The number of nitrogens with zero attached hydrogens (tertiary/aromatic N) is 3. The predicted molar refractivity (Wildman–Crippen MR) is 66.3 cm³/mol. The molecular formula is C11H14N4S. The van der Waals surface area contributed by atoms with Crippen LogP contribution in [-0.4, -0.2) is 20.5 Å². The van der Waals surface area contributed by atoms with Gasteiger partial charge in [0, 0.05) is 24.7 Å². The van der Waals surface area contributed by atoms with Gasteiger partial charge in [-0.2, -0.15) is 5.10 Å². The number of hydrogen-bond donors (Lipinski definition) is 1. The summed E-state index contributed by atoms with van der Waals surface area (Å²) in [6.07, 6.45) is 4.50. The quantitative estimate of drug-likeness (QED) is 0.819. The first-order valence-corrected chi connectivity index (χ1v) is 6.05. The normalized spacial score (nSPS) is 10.6. The molecule has 0 aliphatic carbocycles. The van der Waals surface area contributed by atoms with Gasteiger partial charge in [-0.25, -0.2) is 4.98 Å². The third-order valence-corrected chi connectivity index (χ3v) is 3.24. The average molecular weight is 234 g/mol. The maximum Gasteiger partial charge on any atom is 0.0961 e. The highest BCUT2D eigenvalue weighted by Crippen LogP contribution is 2.17. The fraction of sp³-hybridized carbons (Fsp3) is 0.273. The summed E-state index contributed by atoms with van der Waals surface area (Å²) in [6, 6.07) is 5.86. The number of thioether (sulfide) groups is 1. The van der Waals surface area contributed by atoms with Gasteiger partial charge in [0.25, 0.3) is 0 Å². The van der Waals surface area contributed by atoms with Crippen molar-refractivity contribution in [2.24, 2.45) is 7.05 Å². The third-order valence-electron chi connectivity index (χ3n) is 2.29. The zero-order chi connectivity index (χ0) is 11.4. The molecule has 0 saturated heterocycles. The van der Waals surface area contributed by atoms with Gasteiger partial charge in [0.1, 0.15) is 0 Å². The second-order valence-corrected chi connectivity index (χ2v) is 4.59. The summed E-state index contributed by atoms with van der Waals surface area (Å²) < 4.78 is 1.90. The molecule has 0 radical (unpaired) electrons. The van der Waals surface area contributed by atoms with Crippen molar-refractivity contribution in [2.45, 2.75) is 11.4 Å². The monoisotopic (exact) mass is 234 g/mol. The van der Waals surface area contributed by atoms with Crippen LogP contribution in [0.15, 0.2) is 35.6 Å². The first-order valence-electron chi connectivity index (χ1n) is 5.07. The minimum Gasteiger partial charge on any atom is -0.397 e. The molecule has 2 aromatic heterocycles. The molecule has 2 rings (SSSR count). The summed E-state index contributed by atoms with van der Waals surface area (Å²) in [6.45, 7) is 0. The Morgan fingerprint density at radius 3 is 2.88 bits per heavy atom. The van der Waals surface area contributed by atoms with E-state index >= 15 is 0 Å². The molecule has 0 aromatic carbocycles. The van der Waals surface area contributed by atoms with Gasteiger partial charge in [-0.05, 0) is 24.6 Å². The predicted octanol–water partition coefficient (Wildman–Crippen LogP) is 1.73. The van der Waals surface area contributed by atoms with Crippen molar-refractivity contribution >= 4 is 17.4 Å². The molecule has 0 spiro atoms. The molecule has 0 bridgehead atoms. The van der Waals surface area contributed by atoms with E-state index in [-0.39, 0.29) is 0 Å². The smallest absolute Gasteiger partial charge is 0.0961 e. The Morgan fingerprint density at radius 2 is 2.25 bits per heavy atom. The number of anilines is 1. The van der Waals surface area contributed by atoms with Crippen molar-refractivity contribution in [1.29, 1.82) is 0 Å². The Bertz CT molecular complexity index is 449. The van der Waals surface area contributed by atoms with E-state index in [9.17, 15) is 0 Å². The van der Waals surface area contributed by atoms with E-state index in [1.54, 1.807) is 18.0 Å². The number of hydrogen-bond acceptors (Lipinski definition) is 4. The summed E-state index contributed by atoms with van der Waals surface area (Å²) in [7, 11) is 1.96. The number of nitrogen functional groups attached to an aromatic ring is 1. The number of aromatic nitrogens is 3. The Kier molecular flexibility index (Phi) is 3.46. The molecule has 5 heteroatoms. The van der Waals surface area contributed by atoms with Crippen LogP contribution in [0.2, 0.25) is 0 Å². The van der Waals surface area contributed by atoms with Gasteiger partial charge in [-0.1, -0.05) is 0 Å². The second kappa shape index (κ2) is 5.03. The lowest BCUT2D eigenvalue weighted by molar-refractivity contribution is 0.719. The van der Waals surface area contributed by atoms with Crippen molar-refractivity contribution in [1.82, 2.24) is 14.8 Å². The van der Waals surface area contributed by atoms with E-state index in [2.05, 4.69) is 10.1 Å². The van der Waals surface area contributed by atoms with E-state index in [1.165, 1.54) is 5.69 Å². The third kappa shape index (κ3) is 2.76. The fourth-order valence-corrected chi connectivity index (χ4v) is 2.20. The van der Waals surface area contributed by atoms with Gasteiger partial charge in [-0.3, -0.25) is 4.68 Å². The Hall–Kier alpha value is -1.49. The molecule has 84 valence electrons. The number of aryl methyl sites for hydroxylation is 2. The lowest BCUT2D eigenvalue weighted by Gasteiger charge is -2.02. The average Bonchev–Trinajstić information content (AvgIpc) is 2.68. The summed E-state index contributed by atoms with van der Waals surface area (Å²) in [5.41, 5.74) is 7.51. The molecule has 2 aromatic rings. The topological polar surface area (TPSA) is 56.7 Å². The highest BCUT2D eigenvalue weighted by molar-refractivity contribution is 7.99. The van der Waals surface area contributed by atoms with Gasteiger partial charge < -0.3 is 5.73 Å². The molecule has 0 amide bonds.